The van der Waals surface area contributed by atoms with Gasteiger partial charge in [0.15, 0.2) is 11.5 Å². The molecule has 1 aromatic carbocycles. The Morgan fingerprint density at radius 2 is 1.88 bits per heavy atom. The molecule has 1 atom stereocenters. The van der Waals surface area contributed by atoms with Crippen LogP contribution in [0.4, 0.5) is 10.1 Å². The average molecular weight is 445 g/mol. The number of hydrogen-bond donors (Lipinski definition) is 1. The highest BCUT2D eigenvalue weighted by Crippen LogP contribution is 2.34. The SMILES string of the molecule is C/C=C(\C)C=O.C=C/C=C\C(=C(/C)F)C(C)N=C.Cc1cc(N)cc2c1OCCCCO2. The fourth-order valence-electron chi connectivity index (χ4n) is 2.50. The van der Waals surface area contributed by atoms with Crippen molar-refractivity contribution in [2.24, 2.45) is 4.99 Å². The molecule has 2 rings (SSSR count). The summed E-state index contributed by atoms with van der Waals surface area (Å²) in [6.07, 6.45) is 9.62. The first-order chi connectivity index (χ1) is 15.2. The van der Waals surface area contributed by atoms with Gasteiger partial charge in [-0.3, -0.25) is 9.79 Å². The lowest BCUT2D eigenvalue weighted by atomic mass is 10.1. The maximum atomic E-state index is 12.8. The van der Waals surface area contributed by atoms with E-state index in [0.717, 1.165) is 60.7 Å². The van der Waals surface area contributed by atoms with Gasteiger partial charge in [-0.1, -0.05) is 30.9 Å². The minimum absolute atomic E-state index is 0.203. The predicted octanol–water partition coefficient (Wildman–Crippen LogP) is 6.34. The Morgan fingerprint density at radius 1 is 1.25 bits per heavy atom. The molecular weight excluding hydrogens is 407 g/mol. The van der Waals surface area contributed by atoms with E-state index in [4.69, 9.17) is 15.2 Å². The highest BCUT2D eigenvalue weighted by atomic mass is 19.1. The number of carbonyl (C=O) groups excluding carboxylic acids is 1. The number of allylic oxidation sites excluding steroid dienone is 5. The van der Waals surface area contributed by atoms with Crippen LogP contribution in [0.5, 0.6) is 11.5 Å². The average Bonchev–Trinajstić information content (AvgIpc) is 2.75. The summed E-state index contributed by atoms with van der Waals surface area (Å²) in [4.78, 5) is 13.4. The van der Waals surface area contributed by atoms with Crippen LogP contribution in [0.1, 0.15) is 46.1 Å². The van der Waals surface area contributed by atoms with Crippen LogP contribution in [0.2, 0.25) is 0 Å². The zero-order chi connectivity index (χ0) is 24.5. The smallest absolute Gasteiger partial charge is 0.164 e. The summed E-state index contributed by atoms with van der Waals surface area (Å²) in [5, 5.41) is 0. The summed E-state index contributed by atoms with van der Waals surface area (Å²) < 4.78 is 24.1. The summed E-state index contributed by atoms with van der Waals surface area (Å²) in [5.41, 5.74) is 8.84. The topological polar surface area (TPSA) is 73.9 Å². The molecule has 5 nitrogen and oxygen atoms in total. The Hall–Kier alpha value is -3.15. The third-order valence-electron chi connectivity index (χ3n) is 4.48. The van der Waals surface area contributed by atoms with Crippen molar-refractivity contribution in [2.75, 3.05) is 18.9 Å². The second-order valence-corrected chi connectivity index (χ2v) is 7.16. The number of carbonyl (C=O) groups is 1. The number of hydrogen-bond acceptors (Lipinski definition) is 5. The van der Waals surface area contributed by atoms with Crippen molar-refractivity contribution >= 4 is 18.7 Å². The molecule has 32 heavy (non-hydrogen) atoms. The van der Waals surface area contributed by atoms with E-state index in [0.29, 0.717) is 5.57 Å². The second kappa shape index (κ2) is 16.5. The van der Waals surface area contributed by atoms with Crippen molar-refractivity contribution in [3.63, 3.8) is 0 Å². The largest absolute Gasteiger partial charge is 0.490 e. The van der Waals surface area contributed by atoms with Crippen LogP contribution in [0.15, 0.2) is 65.0 Å². The standard InChI is InChI=1S/C11H15NO2.C10H14FN.C5H8O/c1-8-6-9(12)7-10-11(8)14-5-3-2-4-13-10;1-5-6-7-10(8(2)11)9(3)12-4;1-3-5(2)4-6/h6-7H,2-5,12H2,1H3;5-7,9H,1,4H2,2-3H3;3-4H,1-2H3/b;7-6-,10-8-;5-3+. The summed E-state index contributed by atoms with van der Waals surface area (Å²) in [7, 11) is 0. The number of aliphatic imine (C=N–C) groups is 1. The number of benzene rings is 1. The summed E-state index contributed by atoms with van der Waals surface area (Å²) in [6.45, 7) is 17.2. The number of rotatable bonds is 5. The van der Waals surface area contributed by atoms with E-state index in [1.807, 2.05) is 26.0 Å². The lowest BCUT2D eigenvalue weighted by Crippen LogP contribution is -2.09. The number of anilines is 1. The van der Waals surface area contributed by atoms with E-state index >= 15 is 0 Å². The van der Waals surface area contributed by atoms with Gasteiger partial charge in [-0.05, 0) is 71.4 Å². The van der Waals surface area contributed by atoms with Crippen LogP contribution in [-0.4, -0.2) is 32.3 Å². The number of aldehydes is 1. The van der Waals surface area contributed by atoms with E-state index in [2.05, 4.69) is 18.3 Å². The molecule has 0 bridgehead atoms. The number of ether oxygens (including phenoxy) is 2. The number of nitrogen functional groups attached to an aromatic ring is 1. The number of halogens is 1. The van der Waals surface area contributed by atoms with Gasteiger partial charge in [0.25, 0.3) is 0 Å². The van der Waals surface area contributed by atoms with Crippen molar-refractivity contribution in [1.82, 2.24) is 0 Å². The lowest BCUT2D eigenvalue weighted by Gasteiger charge is -2.18. The molecule has 1 heterocycles. The molecule has 0 radical (unpaired) electrons. The van der Waals surface area contributed by atoms with E-state index in [9.17, 15) is 9.18 Å². The molecule has 0 saturated heterocycles. The molecule has 176 valence electrons. The lowest BCUT2D eigenvalue weighted by molar-refractivity contribution is -0.104. The van der Waals surface area contributed by atoms with Crippen LogP contribution in [-0.2, 0) is 4.79 Å². The highest BCUT2D eigenvalue weighted by Gasteiger charge is 2.12. The summed E-state index contributed by atoms with van der Waals surface area (Å²) in [5.74, 6) is 1.40. The van der Waals surface area contributed by atoms with Gasteiger partial charge in [0.2, 0.25) is 0 Å². The molecule has 1 aliphatic heterocycles. The normalized spacial score (nSPS) is 14.9. The Morgan fingerprint density at radius 3 is 2.34 bits per heavy atom. The van der Waals surface area contributed by atoms with Crippen molar-refractivity contribution < 1.29 is 18.7 Å². The predicted molar refractivity (Wildman–Crippen MR) is 133 cm³/mol. The van der Waals surface area contributed by atoms with E-state index < -0.39 is 0 Å². The van der Waals surface area contributed by atoms with Crippen molar-refractivity contribution in [3.05, 3.63) is 65.6 Å². The zero-order valence-corrected chi connectivity index (χ0v) is 20.0. The third kappa shape index (κ3) is 11.3. The van der Waals surface area contributed by atoms with Crippen LogP contribution >= 0.6 is 0 Å². The minimum atomic E-state index is -0.229. The molecule has 6 heteroatoms. The van der Waals surface area contributed by atoms with Gasteiger partial charge < -0.3 is 15.2 Å². The van der Waals surface area contributed by atoms with Gasteiger partial charge in [-0.15, -0.1) is 0 Å². The van der Waals surface area contributed by atoms with Crippen LogP contribution in [0.25, 0.3) is 0 Å². The maximum Gasteiger partial charge on any atom is 0.164 e. The van der Waals surface area contributed by atoms with Crippen LogP contribution < -0.4 is 15.2 Å². The summed E-state index contributed by atoms with van der Waals surface area (Å²) >= 11 is 0. The molecule has 0 spiro atoms. The molecule has 1 aliphatic rings. The Labute approximate surface area is 192 Å². The van der Waals surface area contributed by atoms with Crippen LogP contribution in [0.3, 0.4) is 0 Å². The Kier molecular flexibility index (Phi) is 14.9. The molecule has 0 amide bonds. The molecule has 0 saturated carbocycles. The molecule has 1 unspecified atom stereocenters. The Balaban J connectivity index is 0.000000488. The van der Waals surface area contributed by atoms with E-state index in [1.165, 1.54) is 6.92 Å². The molecule has 0 aliphatic carbocycles. The van der Waals surface area contributed by atoms with Gasteiger partial charge in [0.05, 0.1) is 19.3 Å². The van der Waals surface area contributed by atoms with Crippen molar-refractivity contribution in [3.8, 4) is 11.5 Å². The molecule has 1 aromatic rings. The Bertz CT molecular complexity index is 838. The fraction of sp³-hybridized carbons (Fsp3) is 0.385. The molecule has 2 N–H and O–H groups in total. The quantitative estimate of drug-likeness (QED) is 0.189. The monoisotopic (exact) mass is 444 g/mol. The van der Waals surface area contributed by atoms with E-state index in [1.54, 1.807) is 38.2 Å². The first-order valence-electron chi connectivity index (χ1n) is 10.6. The van der Waals surface area contributed by atoms with Gasteiger partial charge in [0.1, 0.15) is 12.1 Å². The van der Waals surface area contributed by atoms with Gasteiger partial charge >= 0.3 is 0 Å². The number of fused-ring (bicyclic) bond motifs is 1. The van der Waals surface area contributed by atoms with Crippen LogP contribution in [0, 0.1) is 6.92 Å². The first kappa shape index (κ1) is 28.9. The van der Waals surface area contributed by atoms with E-state index in [-0.39, 0.29) is 11.9 Å². The maximum absolute atomic E-state index is 12.8. The van der Waals surface area contributed by atoms with Gasteiger partial charge in [0, 0.05) is 17.3 Å². The second-order valence-electron chi connectivity index (χ2n) is 7.16. The molecule has 0 aromatic heterocycles. The third-order valence-corrected chi connectivity index (χ3v) is 4.48. The molecular formula is C26H37FN2O3. The van der Waals surface area contributed by atoms with Gasteiger partial charge in [-0.25, -0.2) is 4.39 Å². The minimum Gasteiger partial charge on any atom is -0.490 e. The number of nitrogens with two attached hydrogens (primary N) is 1. The zero-order valence-electron chi connectivity index (χ0n) is 20.0. The summed E-state index contributed by atoms with van der Waals surface area (Å²) in [6, 6.07) is 3.53. The fourth-order valence-corrected chi connectivity index (χ4v) is 2.50. The molecule has 0 fully saturated rings. The number of nitrogens with zero attached hydrogens (tertiary/aromatic N) is 1. The van der Waals surface area contributed by atoms with Crippen molar-refractivity contribution in [2.45, 2.75) is 53.5 Å². The van der Waals surface area contributed by atoms with Gasteiger partial charge in [-0.2, -0.15) is 0 Å². The first-order valence-corrected chi connectivity index (χ1v) is 10.6. The number of aryl methyl sites for hydroxylation is 1. The highest BCUT2D eigenvalue weighted by molar-refractivity contribution is 5.71. The van der Waals surface area contributed by atoms with Crippen molar-refractivity contribution in [1.29, 1.82) is 0 Å².